The zero-order valence-corrected chi connectivity index (χ0v) is 34.1. The van der Waals surface area contributed by atoms with Gasteiger partial charge in [-0.25, -0.2) is 4.98 Å². The molecule has 0 aliphatic carbocycles. The third-order valence-electron chi connectivity index (χ3n) is 10.9. The number of benzene rings is 6. The SMILES string of the molecule is [2H]C([2H])([2H])c1ccc(-c2ccnc(-c3cc(-c4cccc5c4nc(-c4cc(C(C([2H])([2H])[2H])(C([2H])([2H])[2H])C([2H])([2H])[2H])ccc4O)n5-c4ccc(-c5ccccc5)c(C(C)(C)C)c4)cc(C(C)(C)C)c3)c2)cc1. The topological polar surface area (TPSA) is 50.9 Å². The Morgan fingerprint density at radius 2 is 1.31 bits per heavy atom. The van der Waals surface area contributed by atoms with E-state index < -0.39 is 38.4 Å². The summed E-state index contributed by atoms with van der Waals surface area (Å²) in [6.45, 7) is -0.219. The van der Waals surface area contributed by atoms with E-state index in [9.17, 15) is 5.11 Å². The minimum atomic E-state index is -3.55. The van der Waals surface area contributed by atoms with Crippen LogP contribution in [0.15, 0.2) is 146 Å². The molecule has 0 fully saturated rings. The maximum atomic E-state index is 11.9. The van der Waals surface area contributed by atoms with Crippen molar-refractivity contribution in [3.05, 3.63) is 168 Å². The molecule has 0 bridgehead atoms. The van der Waals surface area contributed by atoms with Crippen molar-refractivity contribution in [1.29, 1.82) is 0 Å². The predicted octanol–water partition coefficient (Wildman–Crippen LogP) is 14.7. The van der Waals surface area contributed by atoms with Gasteiger partial charge in [-0.15, -0.1) is 0 Å². The van der Waals surface area contributed by atoms with Gasteiger partial charge in [0.2, 0.25) is 0 Å². The molecule has 0 spiro atoms. The van der Waals surface area contributed by atoms with E-state index in [1.54, 1.807) is 30.5 Å². The molecule has 2 heterocycles. The smallest absolute Gasteiger partial charge is 0.149 e. The van der Waals surface area contributed by atoms with E-state index in [2.05, 4.69) is 53.7 Å². The number of hydrogen-bond acceptors (Lipinski definition) is 3. The number of hydrogen-bond donors (Lipinski definition) is 1. The highest BCUT2D eigenvalue weighted by molar-refractivity contribution is 5.97. The average molecular weight is 786 g/mol. The lowest BCUT2D eigenvalue weighted by Crippen LogP contribution is -2.14. The molecule has 8 rings (SSSR count). The first-order valence-electron chi connectivity index (χ1n) is 25.7. The molecule has 0 radical (unpaired) electrons. The number of para-hydroxylation sites is 1. The maximum absolute atomic E-state index is 11.9. The van der Waals surface area contributed by atoms with Gasteiger partial charge in [-0.3, -0.25) is 9.55 Å². The van der Waals surface area contributed by atoms with Gasteiger partial charge in [-0.2, -0.15) is 0 Å². The average Bonchev–Trinajstić information content (AvgIpc) is 3.67. The second kappa shape index (κ2) is 14.8. The molecule has 0 aliphatic rings. The molecule has 4 heteroatoms. The van der Waals surface area contributed by atoms with Crippen molar-refractivity contribution in [3.8, 4) is 67.5 Å². The number of pyridine rings is 1. The summed E-state index contributed by atoms with van der Waals surface area (Å²) in [4.78, 5) is 10.1. The van der Waals surface area contributed by atoms with Crippen LogP contribution in [0.5, 0.6) is 5.75 Å². The molecule has 1 N–H and O–H groups in total. The zero-order valence-electron chi connectivity index (χ0n) is 46.1. The zero-order chi connectivity index (χ0) is 51.9. The number of aromatic hydroxyl groups is 1. The first-order chi connectivity index (χ1) is 32.9. The van der Waals surface area contributed by atoms with Crippen LogP contribution in [0.25, 0.3) is 72.7 Å². The molecule has 0 saturated heterocycles. The highest BCUT2D eigenvalue weighted by Crippen LogP contribution is 2.43. The molecule has 0 saturated carbocycles. The summed E-state index contributed by atoms with van der Waals surface area (Å²) in [5, 5.41) is 11.9. The summed E-state index contributed by atoms with van der Waals surface area (Å²) in [6, 6.07) is 41.9. The number of imidazole rings is 1. The third kappa shape index (κ3) is 7.84. The molecule has 2 aromatic heterocycles. The monoisotopic (exact) mass is 786 g/mol. The molecule has 4 nitrogen and oxygen atoms in total. The molecule has 0 unspecified atom stereocenters. The lowest BCUT2D eigenvalue weighted by atomic mass is 9.81. The summed E-state index contributed by atoms with van der Waals surface area (Å²) in [5.41, 5.74) is 5.85. The van der Waals surface area contributed by atoms with Crippen molar-refractivity contribution in [2.45, 2.75) is 85.2 Å². The Balaban J connectivity index is 1.42. The van der Waals surface area contributed by atoms with Crippen molar-refractivity contribution in [2.24, 2.45) is 0 Å². The van der Waals surface area contributed by atoms with Crippen molar-refractivity contribution < 1.29 is 21.6 Å². The van der Waals surface area contributed by atoms with E-state index in [1.165, 1.54) is 0 Å². The van der Waals surface area contributed by atoms with Crippen LogP contribution in [-0.4, -0.2) is 19.6 Å². The highest BCUT2D eigenvalue weighted by atomic mass is 16.3. The van der Waals surface area contributed by atoms with Crippen LogP contribution in [0.2, 0.25) is 0 Å². The van der Waals surface area contributed by atoms with Crippen molar-refractivity contribution >= 4 is 11.0 Å². The number of aromatic nitrogens is 3. The summed E-state index contributed by atoms with van der Waals surface area (Å²) in [6.07, 6.45) is 1.72. The largest absolute Gasteiger partial charge is 0.507 e. The van der Waals surface area contributed by atoms with Gasteiger partial charge in [-0.1, -0.05) is 153 Å². The Morgan fingerprint density at radius 3 is 2.02 bits per heavy atom. The molecule has 0 atom stereocenters. The maximum Gasteiger partial charge on any atom is 0.149 e. The summed E-state index contributed by atoms with van der Waals surface area (Å²) >= 11 is 0. The quantitative estimate of drug-likeness (QED) is 0.183. The van der Waals surface area contributed by atoms with Crippen LogP contribution in [0, 0.1) is 6.85 Å². The van der Waals surface area contributed by atoms with E-state index >= 15 is 0 Å². The fourth-order valence-electron chi connectivity index (χ4n) is 7.68. The summed E-state index contributed by atoms with van der Waals surface area (Å²) < 4.78 is 102. The molecule has 0 aliphatic heterocycles. The molecular weight excluding hydrogens is 719 g/mol. The summed E-state index contributed by atoms with van der Waals surface area (Å²) in [7, 11) is 0. The van der Waals surface area contributed by atoms with Gasteiger partial charge >= 0.3 is 0 Å². The number of aryl methyl sites for hydroxylation is 1. The standard InChI is InChI=1S/C55H55N3O/c1-35-19-21-36(22-20-35)38-27-28-56-48(32-38)40-29-39(30-42(31-40)54(5,6)7)45-17-14-18-49-51(45)57-52(46-33-41(53(2,3)4)23-26-50(46)59)58(49)43-24-25-44(37-15-12-11-13-16-37)47(34-43)55(8,9)10/h11-34,59H,1-10H3/i1D3,2D3,3D3,4D3. The van der Waals surface area contributed by atoms with Crippen LogP contribution < -0.4 is 0 Å². The van der Waals surface area contributed by atoms with Gasteiger partial charge in [0.1, 0.15) is 11.6 Å². The van der Waals surface area contributed by atoms with Crippen LogP contribution in [0.1, 0.15) is 101 Å². The van der Waals surface area contributed by atoms with Gasteiger partial charge in [0, 0.05) is 39.5 Å². The molecule has 59 heavy (non-hydrogen) atoms. The second-order valence-electron chi connectivity index (χ2n) is 17.3. The Labute approximate surface area is 367 Å². The first kappa shape index (κ1) is 27.4. The van der Waals surface area contributed by atoms with Gasteiger partial charge in [0.05, 0.1) is 22.3 Å². The number of nitrogens with zero attached hydrogens (tertiary/aromatic N) is 3. The third-order valence-corrected chi connectivity index (χ3v) is 10.9. The Bertz CT molecular complexity index is 3240. The van der Waals surface area contributed by atoms with Crippen LogP contribution in [0.3, 0.4) is 0 Å². The van der Waals surface area contributed by atoms with Gasteiger partial charge < -0.3 is 5.11 Å². The summed E-state index contributed by atoms with van der Waals surface area (Å²) in [5.74, 6) is -0.268. The minimum Gasteiger partial charge on any atom is -0.507 e. The fourth-order valence-corrected chi connectivity index (χ4v) is 7.68. The van der Waals surface area contributed by atoms with E-state index in [4.69, 9.17) is 26.4 Å². The van der Waals surface area contributed by atoms with Crippen LogP contribution >= 0.6 is 0 Å². The van der Waals surface area contributed by atoms with Crippen molar-refractivity contribution in [1.82, 2.24) is 14.5 Å². The highest BCUT2D eigenvalue weighted by Gasteiger charge is 2.26. The predicted molar refractivity (Wildman–Crippen MR) is 249 cm³/mol. The second-order valence-corrected chi connectivity index (χ2v) is 17.3. The van der Waals surface area contributed by atoms with E-state index in [1.807, 2.05) is 89.5 Å². The van der Waals surface area contributed by atoms with E-state index in [-0.39, 0.29) is 33.5 Å². The van der Waals surface area contributed by atoms with Gasteiger partial charge in [0.25, 0.3) is 0 Å². The van der Waals surface area contributed by atoms with Crippen LogP contribution in [-0.2, 0) is 16.2 Å². The minimum absolute atomic E-state index is 0.0757. The molecular formula is C55H55N3O. The first-order valence-corrected chi connectivity index (χ1v) is 19.7. The normalized spacial score (nSPS) is 16.2. The fraction of sp³-hybridized carbons (Fsp3) is 0.236. The number of phenols is 1. The van der Waals surface area contributed by atoms with E-state index in [0.717, 1.165) is 62.7 Å². The number of fused-ring (bicyclic) bond motifs is 1. The molecule has 0 amide bonds. The van der Waals surface area contributed by atoms with E-state index in [0.29, 0.717) is 28.0 Å². The number of phenolic OH excluding ortho intramolecular Hbond substituents is 1. The number of rotatable bonds is 6. The van der Waals surface area contributed by atoms with Crippen molar-refractivity contribution in [3.63, 3.8) is 0 Å². The Morgan fingerprint density at radius 1 is 0.542 bits per heavy atom. The lowest BCUT2D eigenvalue weighted by molar-refractivity contribution is 0.475. The van der Waals surface area contributed by atoms with Gasteiger partial charge in [0.15, 0.2) is 0 Å². The molecule has 6 aromatic carbocycles. The molecule has 296 valence electrons. The Kier molecular flexibility index (Phi) is 6.90. The Hall–Kier alpha value is -6.26. The molecule has 8 aromatic rings. The lowest BCUT2D eigenvalue weighted by Gasteiger charge is -2.25. The van der Waals surface area contributed by atoms with Crippen molar-refractivity contribution in [2.75, 3.05) is 0 Å². The van der Waals surface area contributed by atoms with Crippen LogP contribution in [0.4, 0.5) is 0 Å². The van der Waals surface area contributed by atoms with Gasteiger partial charge in [-0.05, 0) is 122 Å².